The molecule has 19 heavy (non-hydrogen) atoms. The van der Waals surface area contributed by atoms with Crippen molar-refractivity contribution in [2.75, 3.05) is 0 Å². The van der Waals surface area contributed by atoms with Gasteiger partial charge in [-0.05, 0) is 42.3 Å². The van der Waals surface area contributed by atoms with Gasteiger partial charge in [-0.25, -0.2) is 4.39 Å². The lowest BCUT2D eigenvalue weighted by atomic mass is 10.1. The maximum atomic E-state index is 13.0. The molecule has 0 fully saturated rings. The molecule has 0 radical (unpaired) electrons. The first kappa shape index (κ1) is 13.8. The second-order valence-electron chi connectivity index (χ2n) is 4.28. The number of rotatable bonds is 4. The minimum atomic E-state index is -0.574. The second-order valence-corrected chi connectivity index (χ2v) is 4.69. The molecule has 1 N–H and O–H groups in total. The van der Waals surface area contributed by atoms with E-state index in [0.717, 1.165) is 11.1 Å². The molecule has 0 spiro atoms. The number of ether oxygens (including phenoxy) is 1. The van der Waals surface area contributed by atoms with E-state index in [1.807, 2.05) is 0 Å². The van der Waals surface area contributed by atoms with Crippen LogP contribution in [0.3, 0.4) is 0 Å². The zero-order valence-electron chi connectivity index (χ0n) is 10.4. The Hall–Kier alpha value is -1.58. The number of hydrogen-bond donors (Lipinski definition) is 1. The van der Waals surface area contributed by atoms with Gasteiger partial charge in [0.05, 0.1) is 11.1 Å². The fourth-order valence-electron chi connectivity index (χ4n) is 1.68. The number of halogens is 2. The van der Waals surface area contributed by atoms with Crippen molar-refractivity contribution in [1.29, 1.82) is 0 Å². The predicted octanol–water partition coefficient (Wildman–Crippen LogP) is 4.11. The van der Waals surface area contributed by atoms with E-state index in [2.05, 4.69) is 0 Å². The van der Waals surface area contributed by atoms with Gasteiger partial charge >= 0.3 is 0 Å². The standard InChI is InChI=1S/C15H14ClFO2/c1-10(18)12-5-6-15(14(16)8-12)19-9-11-3-2-4-13(17)7-11/h2-8,10,18H,9H2,1H3/t10-/m1/s1. The molecule has 2 nitrogen and oxygen atoms in total. The largest absolute Gasteiger partial charge is 0.487 e. The summed E-state index contributed by atoms with van der Waals surface area (Å²) in [6, 6.07) is 11.3. The molecular weight excluding hydrogens is 267 g/mol. The van der Waals surface area contributed by atoms with Crippen LogP contribution in [0.1, 0.15) is 24.2 Å². The molecule has 0 aromatic heterocycles. The van der Waals surface area contributed by atoms with E-state index in [1.54, 1.807) is 37.3 Å². The molecule has 0 aliphatic heterocycles. The van der Waals surface area contributed by atoms with Crippen molar-refractivity contribution in [2.45, 2.75) is 19.6 Å². The Bertz CT molecular complexity index is 570. The summed E-state index contributed by atoms with van der Waals surface area (Å²) < 4.78 is 18.5. The lowest BCUT2D eigenvalue weighted by Crippen LogP contribution is -1.98. The summed E-state index contributed by atoms with van der Waals surface area (Å²) in [6.07, 6.45) is -0.574. The Labute approximate surface area is 116 Å². The molecule has 0 saturated heterocycles. The van der Waals surface area contributed by atoms with Gasteiger partial charge in [0.2, 0.25) is 0 Å². The van der Waals surface area contributed by atoms with Crippen LogP contribution in [0.25, 0.3) is 0 Å². The normalized spacial score (nSPS) is 12.2. The average molecular weight is 281 g/mol. The van der Waals surface area contributed by atoms with Gasteiger partial charge < -0.3 is 9.84 Å². The van der Waals surface area contributed by atoms with Gasteiger partial charge in [0.15, 0.2) is 0 Å². The van der Waals surface area contributed by atoms with Crippen molar-refractivity contribution in [3.05, 3.63) is 64.4 Å². The average Bonchev–Trinajstić information content (AvgIpc) is 2.37. The quantitative estimate of drug-likeness (QED) is 0.913. The Balaban J connectivity index is 2.07. The maximum absolute atomic E-state index is 13.0. The number of aliphatic hydroxyl groups excluding tert-OH is 1. The number of hydrogen-bond acceptors (Lipinski definition) is 2. The van der Waals surface area contributed by atoms with Crippen molar-refractivity contribution in [3.8, 4) is 5.75 Å². The van der Waals surface area contributed by atoms with E-state index in [1.165, 1.54) is 12.1 Å². The van der Waals surface area contributed by atoms with Crippen LogP contribution in [0.4, 0.5) is 4.39 Å². The Kier molecular flexibility index (Phi) is 4.40. The van der Waals surface area contributed by atoms with Gasteiger partial charge in [-0.1, -0.05) is 29.8 Å². The molecule has 0 unspecified atom stereocenters. The van der Waals surface area contributed by atoms with Crippen LogP contribution in [-0.2, 0) is 6.61 Å². The first-order valence-electron chi connectivity index (χ1n) is 5.91. The van der Waals surface area contributed by atoms with Crippen molar-refractivity contribution >= 4 is 11.6 Å². The van der Waals surface area contributed by atoms with E-state index in [4.69, 9.17) is 16.3 Å². The first-order valence-corrected chi connectivity index (χ1v) is 6.29. The molecule has 2 rings (SSSR count). The van der Waals surface area contributed by atoms with E-state index in [0.29, 0.717) is 10.8 Å². The third-order valence-corrected chi connectivity index (χ3v) is 3.02. The molecular formula is C15H14ClFO2. The van der Waals surface area contributed by atoms with Crippen LogP contribution in [-0.4, -0.2) is 5.11 Å². The van der Waals surface area contributed by atoms with Gasteiger partial charge in [0, 0.05) is 0 Å². The summed E-state index contributed by atoms with van der Waals surface area (Å²) in [5.74, 6) is 0.215. The van der Waals surface area contributed by atoms with Gasteiger partial charge in [-0.3, -0.25) is 0 Å². The molecule has 0 aliphatic carbocycles. The Morgan fingerprint density at radius 3 is 2.68 bits per heavy atom. The number of benzene rings is 2. The lowest BCUT2D eigenvalue weighted by Gasteiger charge is -2.11. The molecule has 1 atom stereocenters. The summed E-state index contributed by atoms with van der Waals surface area (Å²) in [7, 11) is 0. The topological polar surface area (TPSA) is 29.5 Å². The van der Waals surface area contributed by atoms with Gasteiger partial charge in [0.25, 0.3) is 0 Å². The number of aliphatic hydroxyl groups is 1. The highest BCUT2D eigenvalue weighted by Crippen LogP contribution is 2.28. The van der Waals surface area contributed by atoms with Crippen LogP contribution in [0.2, 0.25) is 5.02 Å². The molecule has 0 amide bonds. The first-order chi connectivity index (χ1) is 9.06. The summed E-state index contributed by atoms with van der Waals surface area (Å²) in [5, 5.41) is 9.86. The monoisotopic (exact) mass is 280 g/mol. The molecule has 0 bridgehead atoms. The molecule has 0 saturated carbocycles. The smallest absolute Gasteiger partial charge is 0.138 e. The van der Waals surface area contributed by atoms with Crippen LogP contribution in [0.5, 0.6) is 5.75 Å². The molecule has 0 heterocycles. The third-order valence-electron chi connectivity index (χ3n) is 2.72. The third kappa shape index (κ3) is 3.69. The zero-order valence-corrected chi connectivity index (χ0v) is 11.2. The lowest BCUT2D eigenvalue weighted by molar-refractivity contribution is 0.199. The van der Waals surface area contributed by atoms with Gasteiger partial charge in [-0.15, -0.1) is 0 Å². The summed E-state index contributed by atoms with van der Waals surface area (Å²) in [5.41, 5.74) is 1.46. The van der Waals surface area contributed by atoms with E-state index in [9.17, 15) is 9.50 Å². The van der Waals surface area contributed by atoms with Crippen molar-refractivity contribution < 1.29 is 14.2 Å². The predicted molar refractivity (Wildman–Crippen MR) is 72.8 cm³/mol. The molecule has 2 aromatic rings. The minimum absolute atomic E-state index is 0.242. The van der Waals surface area contributed by atoms with Crippen LogP contribution in [0.15, 0.2) is 42.5 Å². The summed E-state index contributed by atoms with van der Waals surface area (Å²) in [6.45, 7) is 1.91. The maximum Gasteiger partial charge on any atom is 0.138 e. The van der Waals surface area contributed by atoms with Crippen molar-refractivity contribution in [1.82, 2.24) is 0 Å². The Morgan fingerprint density at radius 1 is 1.26 bits per heavy atom. The highest BCUT2D eigenvalue weighted by Gasteiger charge is 2.07. The Morgan fingerprint density at radius 2 is 2.05 bits per heavy atom. The van der Waals surface area contributed by atoms with E-state index < -0.39 is 6.10 Å². The molecule has 0 aliphatic rings. The van der Waals surface area contributed by atoms with Gasteiger partial charge in [-0.2, -0.15) is 0 Å². The van der Waals surface area contributed by atoms with Crippen LogP contribution < -0.4 is 4.74 Å². The highest BCUT2D eigenvalue weighted by atomic mass is 35.5. The molecule has 4 heteroatoms. The fourth-order valence-corrected chi connectivity index (χ4v) is 1.93. The van der Waals surface area contributed by atoms with Crippen LogP contribution >= 0.6 is 11.6 Å². The summed E-state index contributed by atoms with van der Waals surface area (Å²) >= 11 is 6.06. The van der Waals surface area contributed by atoms with Crippen molar-refractivity contribution in [3.63, 3.8) is 0 Å². The minimum Gasteiger partial charge on any atom is -0.487 e. The fraction of sp³-hybridized carbons (Fsp3) is 0.200. The SMILES string of the molecule is C[C@@H](O)c1ccc(OCc2cccc(F)c2)c(Cl)c1. The highest BCUT2D eigenvalue weighted by molar-refractivity contribution is 6.32. The molecule has 100 valence electrons. The van der Waals surface area contributed by atoms with Crippen molar-refractivity contribution in [2.24, 2.45) is 0 Å². The van der Waals surface area contributed by atoms with E-state index >= 15 is 0 Å². The van der Waals surface area contributed by atoms with Crippen LogP contribution in [0, 0.1) is 5.82 Å². The summed E-state index contributed by atoms with van der Waals surface area (Å²) in [4.78, 5) is 0. The van der Waals surface area contributed by atoms with Gasteiger partial charge in [0.1, 0.15) is 18.2 Å². The second kappa shape index (κ2) is 6.04. The van der Waals surface area contributed by atoms with E-state index in [-0.39, 0.29) is 12.4 Å². The molecule has 2 aromatic carbocycles. The zero-order chi connectivity index (χ0) is 13.8.